The zero-order valence-corrected chi connectivity index (χ0v) is 18.3. The van der Waals surface area contributed by atoms with Crippen LogP contribution in [0.1, 0.15) is 17.1 Å². The third-order valence-corrected chi connectivity index (χ3v) is 4.27. The summed E-state index contributed by atoms with van der Waals surface area (Å²) in [5.41, 5.74) is 15.4. The third-order valence-electron chi connectivity index (χ3n) is 3.15. The first kappa shape index (κ1) is 27.3. The van der Waals surface area contributed by atoms with Gasteiger partial charge in [-0.15, -0.1) is 0 Å². The molecule has 19 heteroatoms. The van der Waals surface area contributed by atoms with Crippen molar-refractivity contribution < 1.29 is 27.1 Å². The van der Waals surface area contributed by atoms with Crippen molar-refractivity contribution in [2.24, 2.45) is 16.0 Å². The highest BCUT2D eigenvalue weighted by molar-refractivity contribution is 7.86. The van der Waals surface area contributed by atoms with Crippen LogP contribution >= 0.6 is 0 Å². The minimum atomic E-state index is -4.15. The second kappa shape index (κ2) is 13.0. The highest BCUT2D eigenvalue weighted by atomic mass is 32.2. The monoisotopic (exact) mass is 502 g/mol. The molecule has 7 N–H and O–H groups in total. The lowest BCUT2D eigenvalue weighted by Gasteiger charge is -2.02. The number of anilines is 2. The minimum Gasteiger partial charge on any atom is -0.409 e. The summed E-state index contributed by atoms with van der Waals surface area (Å²) in [4.78, 5) is 3.24. The van der Waals surface area contributed by atoms with E-state index in [9.17, 15) is 8.42 Å². The molecule has 0 aliphatic rings. The molecule has 0 saturated heterocycles. The number of nitrogen functional groups attached to an aromatic ring is 2. The molecular weight excluding hydrogens is 488 g/mol. The van der Waals surface area contributed by atoms with E-state index in [1.807, 2.05) is 0 Å². The molecule has 0 atom stereocenters. The molecular formula is C16H14N12O6S. The molecule has 0 aliphatic heterocycles. The second-order valence-corrected chi connectivity index (χ2v) is 7.09. The van der Waals surface area contributed by atoms with Crippen molar-refractivity contribution in [3.05, 3.63) is 41.3 Å². The zero-order valence-electron chi connectivity index (χ0n) is 17.5. The van der Waals surface area contributed by atoms with Crippen molar-refractivity contribution >= 4 is 33.5 Å². The SMILES string of the molecule is Cc1ccc(S(=O)(=O)ON=C(C#N)C(N)=NO)cc1.N#Cc1noc(N)n1.N#Cc1nonc1N. The average molecular weight is 502 g/mol. The van der Waals surface area contributed by atoms with Crippen molar-refractivity contribution in [3.8, 4) is 18.2 Å². The van der Waals surface area contributed by atoms with E-state index >= 15 is 0 Å². The number of oxime groups is 2. The summed E-state index contributed by atoms with van der Waals surface area (Å²) in [7, 11) is -4.15. The van der Waals surface area contributed by atoms with Crippen LogP contribution in [0.25, 0.3) is 0 Å². The summed E-state index contributed by atoms with van der Waals surface area (Å²) in [6.45, 7) is 1.79. The zero-order chi connectivity index (χ0) is 26.4. The summed E-state index contributed by atoms with van der Waals surface area (Å²) in [6.07, 6.45) is 0. The van der Waals surface area contributed by atoms with Gasteiger partial charge >= 0.3 is 16.1 Å². The quantitative estimate of drug-likeness (QED) is 0.149. The number of aryl methyl sites for hydroxylation is 1. The number of nitrogens with zero attached hydrogens (tertiary/aromatic N) is 9. The Hall–Kier alpha value is -5.74. The van der Waals surface area contributed by atoms with Gasteiger partial charge in [0.05, 0.1) is 0 Å². The molecule has 180 valence electrons. The van der Waals surface area contributed by atoms with E-state index in [2.05, 4.69) is 44.2 Å². The summed E-state index contributed by atoms with van der Waals surface area (Å²) in [5.74, 6) is -0.656. The largest absolute Gasteiger partial charge is 0.409 e. The molecule has 3 aromatic rings. The normalized spacial score (nSPS) is 10.8. The molecule has 2 heterocycles. The molecule has 0 bridgehead atoms. The Morgan fingerprint density at radius 3 is 2.14 bits per heavy atom. The Bertz CT molecular complexity index is 1420. The maximum absolute atomic E-state index is 11.7. The number of amidine groups is 1. The Morgan fingerprint density at radius 1 is 1.11 bits per heavy atom. The Kier molecular flexibility index (Phi) is 10.1. The van der Waals surface area contributed by atoms with Crippen LogP contribution in [-0.4, -0.2) is 45.6 Å². The van der Waals surface area contributed by atoms with Gasteiger partial charge in [0.1, 0.15) is 23.1 Å². The maximum Gasteiger partial charge on any atom is 0.358 e. The van der Waals surface area contributed by atoms with Gasteiger partial charge in [-0.25, -0.2) is 4.63 Å². The average Bonchev–Trinajstić information content (AvgIpc) is 3.47. The minimum absolute atomic E-state index is 0.0324. The number of nitriles is 3. The predicted molar refractivity (Wildman–Crippen MR) is 113 cm³/mol. The molecule has 18 nitrogen and oxygen atoms in total. The number of rotatable bonds is 4. The highest BCUT2D eigenvalue weighted by Crippen LogP contribution is 2.13. The van der Waals surface area contributed by atoms with Crippen molar-refractivity contribution in [1.82, 2.24) is 20.5 Å². The molecule has 35 heavy (non-hydrogen) atoms. The summed E-state index contributed by atoms with van der Waals surface area (Å²) < 4.78 is 36.0. The van der Waals surface area contributed by atoms with E-state index in [1.54, 1.807) is 31.2 Å². The van der Waals surface area contributed by atoms with Gasteiger partial charge in [-0.1, -0.05) is 22.9 Å². The van der Waals surface area contributed by atoms with Gasteiger partial charge in [0, 0.05) is 0 Å². The van der Waals surface area contributed by atoms with Gasteiger partial charge in [0.15, 0.2) is 0 Å². The molecule has 3 rings (SSSR count). The van der Waals surface area contributed by atoms with Gasteiger partial charge in [0.2, 0.25) is 23.1 Å². The topological polar surface area (TPSA) is 316 Å². The highest BCUT2D eigenvalue weighted by Gasteiger charge is 2.17. The van der Waals surface area contributed by atoms with E-state index in [1.165, 1.54) is 18.2 Å². The molecule has 0 fully saturated rings. The van der Waals surface area contributed by atoms with Crippen LogP contribution in [0.4, 0.5) is 11.8 Å². The first-order valence-electron chi connectivity index (χ1n) is 8.51. The van der Waals surface area contributed by atoms with Crippen molar-refractivity contribution in [2.75, 3.05) is 11.5 Å². The number of nitrogens with two attached hydrogens (primary N) is 3. The van der Waals surface area contributed by atoms with E-state index in [0.29, 0.717) is 0 Å². The fourth-order valence-corrected chi connectivity index (χ4v) is 2.29. The lowest BCUT2D eigenvalue weighted by Crippen LogP contribution is -2.23. The number of benzene rings is 1. The Morgan fingerprint density at radius 2 is 1.77 bits per heavy atom. The van der Waals surface area contributed by atoms with Crippen LogP contribution < -0.4 is 17.2 Å². The van der Waals surface area contributed by atoms with Gasteiger partial charge < -0.3 is 26.9 Å². The fourth-order valence-electron chi connectivity index (χ4n) is 1.56. The summed E-state index contributed by atoms with van der Waals surface area (Å²) in [6, 6.07) is 10.5. The van der Waals surface area contributed by atoms with Gasteiger partial charge in [-0.3, -0.25) is 4.28 Å². The number of hydrogen-bond donors (Lipinski definition) is 4. The van der Waals surface area contributed by atoms with Crippen LogP contribution in [-0.2, 0) is 14.4 Å². The van der Waals surface area contributed by atoms with Gasteiger partial charge in [-0.2, -0.15) is 29.2 Å². The Labute approximate surface area is 196 Å². The van der Waals surface area contributed by atoms with Crippen LogP contribution in [0, 0.1) is 40.9 Å². The molecule has 0 amide bonds. The van der Waals surface area contributed by atoms with Crippen molar-refractivity contribution in [3.63, 3.8) is 0 Å². The summed E-state index contributed by atoms with van der Waals surface area (Å²) >= 11 is 0. The van der Waals surface area contributed by atoms with Gasteiger partial charge in [-0.05, 0) is 39.7 Å². The lowest BCUT2D eigenvalue weighted by atomic mass is 10.2. The fraction of sp³-hybridized carbons (Fsp3) is 0.0625. The van der Waals surface area contributed by atoms with E-state index in [0.717, 1.165) is 5.56 Å². The van der Waals surface area contributed by atoms with Crippen molar-refractivity contribution in [1.29, 1.82) is 15.8 Å². The van der Waals surface area contributed by atoms with E-state index < -0.39 is 21.7 Å². The van der Waals surface area contributed by atoms with Crippen LogP contribution in [0.3, 0.4) is 0 Å². The molecule has 1 aromatic carbocycles. The van der Waals surface area contributed by atoms with E-state index in [-0.39, 0.29) is 28.2 Å². The second-order valence-electron chi connectivity index (χ2n) is 5.56. The van der Waals surface area contributed by atoms with Crippen LogP contribution in [0.5, 0.6) is 0 Å². The summed E-state index contributed by atoms with van der Waals surface area (Å²) in [5, 5.41) is 48.1. The Balaban J connectivity index is 0.000000312. The standard InChI is InChI=1S/C10H10N4O4S.2C3H2N4O/c1-7-2-4-8(5-3-7)19(16,17)18-14-9(6-11)10(12)13-15;4-1-2-6-3(5)8-7-2;4-1-2-3(5)7-8-6-2/h2-5,15H,1H3,(H2,12,13);(H2,5,6,7);(H2,5,7). The van der Waals surface area contributed by atoms with Crippen LogP contribution in [0.2, 0.25) is 0 Å². The molecule has 0 radical (unpaired) electrons. The molecule has 0 unspecified atom stereocenters. The van der Waals surface area contributed by atoms with Crippen LogP contribution in [0.15, 0.2) is 48.6 Å². The third kappa shape index (κ3) is 8.73. The first-order valence-corrected chi connectivity index (χ1v) is 9.92. The van der Waals surface area contributed by atoms with Gasteiger partial charge in [0.25, 0.3) is 5.82 Å². The molecule has 0 aliphatic carbocycles. The van der Waals surface area contributed by atoms with E-state index in [4.69, 9.17) is 38.2 Å². The maximum atomic E-state index is 11.7. The number of hydrogen-bond acceptors (Lipinski definition) is 17. The molecule has 0 saturated carbocycles. The first-order chi connectivity index (χ1) is 16.6. The number of aromatic nitrogens is 4. The van der Waals surface area contributed by atoms with Crippen molar-refractivity contribution in [2.45, 2.75) is 11.8 Å². The lowest BCUT2D eigenvalue weighted by molar-refractivity contribution is 0.307. The smallest absolute Gasteiger partial charge is 0.358 e. The molecule has 2 aromatic heterocycles. The molecule has 0 spiro atoms. The predicted octanol–water partition coefficient (Wildman–Crippen LogP) is -0.627.